The number of hydrogen-bond acceptors (Lipinski definition) is 7. The molecule has 2 aliphatic heterocycles. The summed E-state index contributed by atoms with van der Waals surface area (Å²) in [5.41, 5.74) is 0.783. The van der Waals surface area contributed by atoms with Gasteiger partial charge in [0.15, 0.2) is 0 Å². The van der Waals surface area contributed by atoms with E-state index in [0.717, 1.165) is 70.1 Å². The Labute approximate surface area is 177 Å². The van der Waals surface area contributed by atoms with Crippen LogP contribution >= 0.6 is 0 Å². The van der Waals surface area contributed by atoms with Gasteiger partial charge >= 0.3 is 0 Å². The predicted molar refractivity (Wildman–Crippen MR) is 112 cm³/mol. The standard InChI is InChI=1S/C22H33N5O3/c1-22(2,3)18-12-20(28)27(15-23-18)13-16-4-8-26(9-5-16)14-19-24-25-21(30-19)17-6-10-29-11-7-17/h12,15-17H,4-11,13-14H2,1-3H3. The van der Waals surface area contributed by atoms with Crippen molar-refractivity contribution in [1.29, 1.82) is 0 Å². The van der Waals surface area contributed by atoms with Gasteiger partial charge in [-0.15, -0.1) is 10.2 Å². The van der Waals surface area contributed by atoms with Gasteiger partial charge in [-0.1, -0.05) is 20.8 Å². The first-order valence-corrected chi connectivity index (χ1v) is 11.1. The highest BCUT2D eigenvalue weighted by atomic mass is 16.5. The van der Waals surface area contributed by atoms with Crippen LogP contribution in [0.25, 0.3) is 0 Å². The smallest absolute Gasteiger partial charge is 0.253 e. The zero-order chi connectivity index (χ0) is 21.1. The summed E-state index contributed by atoms with van der Waals surface area (Å²) in [4.78, 5) is 19.3. The summed E-state index contributed by atoms with van der Waals surface area (Å²) in [6.07, 6.45) is 5.73. The van der Waals surface area contributed by atoms with Gasteiger partial charge in [-0.05, 0) is 44.7 Å². The first-order chi connectivity index (χ1) is 14.4. The normalized spacial score (nSPS) is 20.0. The Morgan fingerprint density at radius 1 is 1.10 bits per heavy atom. The first-order valence-electron chi connectivity index (χ1n) is 11.1. The fourth-order valence-corrected chi connectivity index (χ4v) is 4.21. The number of aromatic nitrogens is 4. The third kappa shape index (κ3) is 5.16. The quantitative estimate of drug-likeness (QED) is 0.742. The summed E-state index contributed by atoms with van der Waals surface area (Å²) >= 11 is 0. The van der Waals surface area contributed by atoms with Crippen LogP contribution in [0, 0.1) is 5.92 Å². The molecule has 2 saturated heterocycles. The molecule has 4 heterocycles. The lowest BCUT2D eigenvalue weighted by atomic mass is 9.92. The summed E-state index contributed by atoms with van der Waals surface area (Å²) < 4.78 is 13.1. The Kier molecular flexibility index (Phi) is 6.34. The van der Waals surface area contributed by atoms with E-state index in [9.17, 15) is 4.79 Å². The largest absolute Gasteiger partial charge is 0.424 e. The number of nitrogens with zero attached hydrogens (tertiary/aromatic N) is 5. The summed E-state index contributed by atoms with van der Waals surface area (Å²) in [6, 6.07) is 1.68. The van der Waals surface area contributed by atoms with Crippen molar-refractivity contribution in [2.24, 2.45) is 5.92 Å². The summed E-state index contributed by atoms with van der Waals surface area (Å²) in [7, 11) is 0. The van der Waals surface area contributed by atoms with Crippen LogP contribution in [0.4, 0.5) is 0 Å². The van der Waals surface area contributed by atoms with Gasteiger partial charge in [0.2, 0.25) is 11.8 Å². The Hall–Kier alpha value is -2.06. The van der Waals surface area contributed by atoms with Crippen LogP contribution in [0.1, 0.15) is 69.8 Å². The molecule has 0 aliphatic carbocycles. The molecule has 2 aromatic heterocycles. The van der Waals surface area contributed by atoms with Crippen LogP contribution in [0.15, 0.2) is 21.6 Å². The molecule has 164 valence electrons. The van der Waals surface area contributed by atoms with Gasteiger partial charge < -0.3 is 9.15 Å². The number of ether oxygens (including phenoxy) is 1. The molecule has 8 heteroatoms. The zero-order valence-electron chi connectivity index (χ0n) is 18.3. The van der Waals surface area contributed by atoms with E-state index in [0.29, 0.717) is 24.3 Å². The maximum absolute atomic E-state index is 12.5. The van der Waals surface area contributed by atoms with Crippen LogP contribution in [0.3, 0.4) is 0 Å². The highest BCUT2D eigenvalue weighted by Gasteiger charge is 2.25. The summed E-state index contributed by atoms with van der Waals surface area (Å²) in [5.74, 6) is 2.28. The SMILES string of the molecule is CC(C)(C)c1cc(=O)n(CC2CCN(Cc3nnc(C4CCOCC4)o3)CC2)cn1. The Morgan fingerprint density at radius 3 is 2.50 bits per heavy atom. The molecule has 0 aromatic carbocycles. The van der Waals surface area contributed by atoms with Crippen molar-refractivity contribution in [1.82, 2.24) is 24.6 Å². The molecule has 2 aromatic rings. The number of likely N-dealkylation sites (tertiary alicyclic amines) is 1. The van der Waals surface area contributed by atoms with Crippen LogP contribution in [0.5, 0.6) is 0 Å². The average Bonchev–Trinajstić information content (AvgIpc) is 3.19. The molecule has 0 unspecified atom stereocenters. The van der Waals surface area contributed by atoms with Crippen molar-refractivity contribution >= 4 is 0 Å². The topological polar surface area (TPSA) is 86.3 Å². The molecule has 0 atom stereocenters. The zero-order valence-corrected chi connectivity index (χ0v) is 18.3. The van der Waals surface area contributed by atoms with Crippen LogP contribution in [-0.4, -0.2) is 51.0 Å². The molecule has 8 nitrogen and oxygen atoms in total. The maximum atomic E-state index is 12.5. The molecule has 2 fully saturated rings. The lowest BCUT2D eigenvalue weighted by molar-refractivity contribution is 0.0785. The van der Waals surface area contributed by atoms with E-state index in [-0.39, 0.29) is 11.0 Å². The van der Waals surface area contributed by atoms with Crippen molar-refractivity contribution in [3.8, 4) is 0 Å². The van der Waals surface area contributed by atoms with Gasteiger partial charge in [0.1, 0.15) is 0 Å². The molecule has 4 rings (SSSR count). The van der Waals surface area contributed by atoms with Gasteiger partial charge in [-0.2, -0.15) is 0 Å². The van der Waals surface area contributed by atoms with E-state index in [1.54, 1.807) is 17.0 Å². The van der Waals surface area contributed by atoms with Gasteiger partial charge in [0.05, 0.1) is 18.6 Å². The van der Waals surface area contributed by atoms with Crippen LogP contribution in [0.2, 0.25) is 0 Å². The lowest BCUT2D eigenvalue weighted by Gasteiger charge is -2.31. The van der Waals surface area contributed by atoms with Crippen molar-refractivity contribution in [2.75, 3.05) is 26.3 Å². The highest BCUT2D eigenvalue weighted by molar-refractivity contribution is 5.10. The van der Waals surface area contributed by atoms with Crippen molar-refractivity contribution < 1.29 is 9.15 Å². The predicted octanol–water partition coefficient (Wildman–Crippen LogP) is 2.73. The first kappa shape index (κ1) is 21.2. The second kappa shape index (κ2) is 8.98. The van der Waals surface area contributed by atoms with Gasteiger partial charge in [0.25, 0.3) is 5.56 Å². The second-order valence-electron chi connectivity index (χ2n) is 9.65. The molecular formula is C22H33N5O3. The number of piperidine rings is 1. The second-order valence-corrected chi connectivity index (χ2v) is 9.65. The molecule has 0 bridgehead atoms. The van der Waals surface area contributed by atoms with E-state index < -0.39 is 0 Å². The minimum absolute atomic E-state index is 0.0452. The van der Waals surface area contributed by atoms with E-state index in [4.69, 9.17) is 9.15 Å². The number of hydrogen-bond donors (Lipinski definition) is 0. The van der Waals surface area contributed by atoms with Crippen molar-refractivity contribution in [2.45, 2.75) is 70.9 Å². The van der Waals surface area contributed by atoms with E-state index in [1.807, 2.05) is 0 Å². The van der Waals surface area contributed by atoms with Crippen molar-refractivity contribution in [3.05, 3.63) is 40.2 Å². The maximum Gasteiger partial charge on any atom is 0.253 e. The van der Waals surface area contributed by atoms with Crippen LogP contribution in [-0.2, 0) is 23.2 Å². The third-order valence-corrected chi connectivity index (χ3v) is 6.22. The van der Waals surface area contributed by atoms with E-state index in [1.165, 1.54) is 0 Å². The minimum atomic E-state index is -0.108. The van der Waals surface area contributed by atoms with Gasteiger partial charge in [-0.25, -0.2) is 4.98 Å². The Balaban J connectivity index is 1.27. The minimum Gasteiger partial charge on any atom is -0.424 e. The molecule has 2 aliphatic rings. The Morgan fingerprint density at radius 2 is 1.83 bits per heavy atom. The molecular weight excluding hydrogens is 382 g/mol. The van der Waals surface area contributed by atoms with E-state index in [2.05, 4.69) is 40.9 Å². The fourth-order valence-electron chi connectivity index (χ4n) is 4.21. The molecule has 0 saturated carbocycles. The molecule has 30 heavy (non-hydrogen) atoms. The van der Waals surface area contributed by atoms with Gasteiger partial charge in [0, 0.05) is 37.2 Å². The molecule has 0 radical (unpaired) electrons. The highest BCUT2D eigenvalue weighted by Crippen LogP contribution is 2.26. The van der Waals surface area contributed by atoms with Crippen LogP contribution < -0.4 is 5.56 Å². The van der Waals surface area contributed by atoms with E-state index >= 15 is 0 Å². The molecule has 0 N–H and O–H groups in total. The third-order valence-electron chi connectivity index (χ3n) is 6.22. The Bertz CT molecular complexity index is 887. The van der Waals surface area contributed by atoms with Gasteiger partial charge in [-0.3, -0.25) is 14.3 Å². The van der Waals surface area contributed by atoms with Crippen molar-refractivity contribution in [3.63, 3.8) is 0 Å². The monoisotopic (exact) mass is 415 g/mol. The summed E-state index contributed by atoms with van der Waals surface area (Å²) in [6.45, 7) is 11.1. The molecule has 0 amide bonds. The molecule has 0 spiro atoms. The fraction of sp³-hybridized carbons (Fsp3) is 0.727. The number of rotatable bonds is 5. The average molecular weight is 416 g/mol. The summed E-state index contributed by atoms with van der Waals surface area (Å²) in [5, 5.41) is 8.53. The lowest BCUT2D eigenvalue weighted by Crippen LogP contribution is -2.36.